The van der Waals surface area contributed by atoms with Crippen LogP contribution in [0.2, 0.25) is 10.2 Å². The molecular weight excluding hydrogens is 259 g/mol. The van der Waals surface area contributed by atoms with Crippen LogP contribution in [0.1, 0.15) is 5.56 Å². The van der Waals surface area contributed by atoms with Gasteiger partial charge in [-0.15, -0.1) is 0 Å². The Bertz CT molecular complexity index is 514. The van der Waals surface area contributed by atoms with Crippen molar-refractivity contribution in [1.29, 1.82) is 0 Å². The molecule has 0 fully saturated rings. The number of nitrogens with one attached hydrogen (secondary N) is 1. The number of aromatic nitrogens is 1. The summed E-state index contributed by atoms with van der Waals surface area (Å²) in [7, 11) is 0. The zero-order valence-electron chi connectivity index (χ0n) is 8.82. The molecule has 0 saturated heterocycles. The fourth-order valence-corrected chi connectivity index (χ4v) is 1.68. The average molecular weight is 269 g/mol. The minimum atomic E-state index is 0.212. The minimum absolute atomic E-state index is 0.212. The summed E-state index contributed by atoms with van der Waals surface area (Å²) in [6.07, 6.45) is 1.63. The van der Waals surface area contributed by atoms with Crippen molar-refractivity contribution in [1.82, 2.24) is 4.98 Å². The molecule has 0 radical (unpaired) electrons. The molecule has 2 rings (SSSR count). The highest BCUT2D eigenvalue weighted by Gasteiger charge is 2.02. The van der Waals surface area contributed by atoms with Crippen molar-refractivity contribution >= 4 is 28.9 Å². The van der Waals surface area contributed by atoms with Gasteiger partial charge in [-0.05, 0) is 30.3 Å². The molecule has 3 nitrogen and oxygen atoms in total. The number of benzene rings is 1. The molecule has 2 N–H and O–H groups in total. The molecule has 1 heterocycles. The summed E-state index contributed by atoms with van der Waals surface area (Å²) in [4.78, 5) is 3.95. The normalized spacial score (nSPS) is 10.2. The van der Waals surface area contributed by atoms with Crippen molar-refractivity contribution in [2.45, 2.75) is 6.54 Å². The summed E-state index contributed by atoms with van der Waals surface area (Å²) in [5, 5.41) is 13.8. The van der Waals surface area contributed by atoms with Crippen molar-refractivity contribution in [3.63, 3.8) is 0 Å². The Morgan fingerprint density at radius 2 is 2.00 bits per heavy atom. The Hall–Kier alpha value is -1.45. The number of hydrogen-bond donors (Lipinski definition) is 2. The van der Waals surface area contributed by atoms with Gasteiger partial charge in [0.15, 0.2) is 0 Å². The van der Waals surface area contributed by atoms with Crippen LogP contribution in [0.15, 0.2) is 36.5 Å². The predicted octanol–water partition coefficient (Wildman–Crippen LogP) is 3.71. The van der Waals surface area contributed by atoms with Crippen LogP contribution in [-0.2, 0) is 6.54 Å². The molecule has 1 aromatic heterocycles. The van der Waals surface area contributed by atoms with Crippen LogP contribution in [0.5, 0.6) is 5.75 Å². The van der Waals surface area contributed by atoms with Crippen LogP contribution in [0.4, 0.5) is 5.69 Å². The first-order valence-electron chi connectivity index (χ1n) is 4.98. The Morgan fingerprint density at radius 1 is 1.18 bits per heavy atom. The lowest BCUT2D eigenvalue weighted by molar-refractivity contribution is 0.469. The lowest BCUT2D eigenvalue weighted by atomic mass is 10.2. The maximum atomic E-state index is 9.62. The third kappa shape index (κ3) is 3.25. The van der Waals surface area contributed by atoms with E-state index in [1.807, 2.05) is 6.07 Å². The van der Waals surface area contributed by atoms with Gasteiger partial charge in [-0.3, -0.25) is 0 Å². The molecule has 0 aliphatic carbocycles. The van der Waals surface area contributed by atoms with Crippen molar-refractivity contribution < 1.29 is 5.11 Å². The Labute approximate surface area is 109 Å². The highest BCUT2D eigenvalue weighted by atomic mass is 35.5. The van der Waals surface area contributed by atoms with Gasteiger partial charge < -0.3 is 10.4 Å². The molecule has 1 aromatic carbocycles. The first kappa shape index (κ1) is 12.0. The highest BCUT2D eigenvalue weighted by Crippen LogP contribution is 2.22. The second-order valence-electron chi connectivity index (χ2n) is 3.50. The average Bonchev–Trinajstić information content (AvgIpc) is 2.32. The van der Waals surface area contributed by atoms with Gasteiger partial charge in [-0.2, -0.15) is 0 Å². The fraction of sp³-hybridized carbons (Fsp3) is 0.0833. The van der Waals surface area contributed by atoms with Crippen LogP contribution >= 0.6 is 23.2 Å². The van der Waals surface area contributed by atoms with Crippen molar-refractivity contribution in [3.05, 3.63) is 52.3 Å². The molecule has 0 aliphatic rings. The SMILES string of the molecule is Oc1ccc(Cl)cc1CNc1ccc(Cl)nc1. The highest BCUT2D eigenvalue weighted by molar-refractivity contribution is 6.30. The van der Waals surface area contributed by atoms with Gasteiger partial charge in [0.05, 0.1) is 11.9 Å². The maximum absolute atomic E-state index is 9.62. The van der Waals surface area contributed by atoms with Crippen LogP contribution in [0, 0.1) is 0 Å². The number of hydrogen-bond acceptors (Lipinski definition) is 3. The maximum Gasteiger partial charge on any atom is 0.129 e. The number of anilines is 1. The molecule has 0 amide bonds. The summed E-state index contributed by atoms with van der Waals surface area (Å²) in [5.74, 6) is 0.212. The second kappa shape index (κ2) is 5.25. The molecule has 0 saturated carbocycles. The predicted molar refractivity (Wildman–Crippen MR) is 69.7 cm³/mol. The first-order chi connectivity index (χ1) is 8.15. The number of nitrogens with zero attached hydrogens (tertiary/aromatic N) is 1. The quantitative estimate of drug-likeness (QED) is 0.835. The number of phenols is 1. The molecule has 0 unspecified atom stereocenters. The Morgan fingerprint density at radius 3 is 2.71 bits per heavy atom. The van der Waals surface area contributed by atoms with Gasteiger partial charge >= 0.3 is 0 Å². The van der Waals surface area contributed by atoms with Gasteiger partial charge in [-0.1, -0.05) is 23.2 Å². The molecule has 5 heteroatoms. The van der Waals surface area contributed by atoms with Crippen LogP contribution < -0.4 is 5.32 Å². The van der Waals surface area contributed by atoms with E-state index in [2.05, 4.69) is 10.3 Å². The van der Waals surface area contributed by atoms with E-state index in [0.717, 1.165) is 11.3 Å². The smallest absolute Gasteiger partial charge is 0.129 e. The standard InChI is InChI=1S/C12H10Cl2N2O/c13-9-1-3-11(17)8(5-9)6-15-10-2-4-12(14)16-7-10/h1-5,7,15,17H,6H2. The van der Waals surface area contributed by atoms with Crippen LogP contribution in [0.3, 0.4) is 0 Å². The van der Waals surface area contributed by atoms with Crippen LogP contribution in [-0.4, -0.2) is 10.1 Å². The van der Waals surface area contributed by atoms with Crippen molar-refractivity contribution in [2.24, 2.45) is 0 Å². The summed E-state index contributed by atoms with van der Waals surface area (Å²) < 4.78 is 0. The molecular formula is C12H10Cl2N2O. The number of pyridine rings is 1. The molecule has 0 bridgehead atoms. The second-order valence-corrected chi connectivity index (χ2v) is 4.32. The fourth-order valence-electron chi connectivity index (χ4n) is 1.37. The molecule has 2 aromatic rings. The number of halogens is 2. The van der Waals surface area contributed by atoms with E-state index < -0.39 is 0 Å². The number of rotatable bonds is 3. The molecule has 88 valence electrons. The molecule has 0 atom stereocenters. The number of aromatic hydroxyl groups is 1. The molecule has 0 spiro atoms. The Balaban J connectivity index is 2.07. The largest absolute Gasteiger partial charge is 0.508 e. The first-order valence-corrected chi connectivity index (χ1v) is 5.73. The van der Waals surface area contributed by atoms with Gasteiger partial charge in [0.2, 0.25) is 0 Å². The van der Waals surface area contributed by atoms with Gasteiger partial charge in [0.25, 0.3) is 0 Å². The van der Waals surface area contributed by atoms with Gasteiger partial charge in [0, 0.05) is 17.1 Å². The summed E-state index contributed by atoms with van der Waals surface area (Å²) >= 11 is 11.5. The summed E-state index contributed by atoms with van der Waals surface area (Å²) in [5.41, 5.74) is 1.56. The lowest BCUT2D eigenvalue weighted by Crippen LogP contribution is -2.00. The van der Waals surface area contributed by atoms with Crippen molar-refractivity contribution in [3.8, 4) is 5.75 Å². The zero-order valence-corrected chi connectivity index (χ0v) is 10.3. The van der Waals surface area contributed by atoms with E-state index >= 15 is 0 Å². The van der Waals surface area contributed by atoms with E-state index in [9.17, 15) is 5.11 Å². The molecule has 17 heavy (non-hydrogen) atoms. The number of phenolic OH excluding ortho intramolecular Hbond substituents is 1. The summed E-state index contributed by atoms with van der Waals surface area (Å²) in [6.45, 7) is 0.468. The lowest BCUT2D eigenvalue weighted by Gasteiger charge is -2.08. The third-order valence-corrected chi connectivity index (χ3v) is 2.71. The van der Waals surface area contributed by atoms with Crippen LogP contribution in [0.25, 0.3) is 0 Å². The minimum Gasteiger partial charge on any atom is -0.508 e. The van der Waals surface area contributed by atoms with E-state index in [-0.39, 0.29) is 5.75 Å². The van der Waals surface area contributed by atoms with Gasteiger partial charge in [-0.25, -0.2) is 4.98 Å². The van der Waals surface area contributed by atoms with Crippen molar-refractivity contribution in [2.75, 3.05) is 5.32 Å². The topological polar surface area (TPSA) is 45.1 Å². The van der Waals surface area contributed by atoms with E-state index in [0.29, 0.717) is 16.7 Å². The van der Waals surface area contributed by atoms with Gasteiger partial charge in [0.1, 0.15) is 10.9 Å². The van der Waals surface area contributed by atoms with E-state index in [1.54, 1.807) is 30.5 Å². The third-order valence-electron chi connectivity index (χ3n) is 2.25. The monoisotopic (exact) mass is 268 g/mol. The Kier molecular flexibility index (Phi) is 3.71. The molecule has 0 aliphatic heterocycles. The van der Waals surface area contributed by atoms with E-state index in [1.165, 1.54) is 0 Å². The van der Waals surface area contributed by atoms with E-state index in [4.69, 9.17) is 23.2 Å². The summed E-state index contributed by atoms with van der Waals surface area (Å²) in [6, 6.07) is 8.44. The zero-order chi connectivity index (χ0) is 12.3.